The molecule has 0 heterocycles. The first-order valence-electron chi connectivity index (χ1n) is 13.3. The molecule has 12 nitrogen and oxygen atoms in total. The van der Waals surface area contributed by atoms with Gasteiger partial charge >= 0.3 is 6.09 Å². The first-order valence-corrected chi connectivity index (χ1v) is 13.3. The molecule has 8 atom stereocenters. The molecule has 1 aromatic rings. The predicted octanol–water partition coefficient (Wildman–Crippen LogP) is 1.14. The molecular weight excluding hydrogens is 522 g/mol. The van der Waals surface area contributed by atoms with Gasteiger partial charge in [0.15, 0.2) is 11.6 Å². The first-order chi connectivity index (χ1) is 18.7. The zero-order valence-electron chi connectivity index (χ0n) is 23.1. The summed E-state index contributed by atoms with van der Waals surface area (Å²) in [5.74, 6) is -9.57. The van der Waals surface area contributed by atoms with Gasteiger partial charge in [-0.3, -0.25) is 19.7 Å². The summed E-state index contributed by atoms with van der Waals surface area (Å²) in [5.41, 5.74) is 5.40. The lowest BCUT2D eigenvalue weighted by Crippen LogP contribution is -2.68. The smallest absolute Gasteiger partial charge is 0.411 e. The number of carbonyl (C=O) groups is 4. The van der Waals surface area contributed by atoms with Gasteiger partial charge in [-0.2, -0.15) is 0 Å². The number of carbonyl (C=O) groups excluding carboxylic acids is 4. The minimum Gasteiger partial charge on any atom is -0.507 e. The lowest BCUT2D eigenvalue weighted by Gasteiger charge is -2.53. The summed E-state index contributed by atoms with van der Waals surface area (Å²) in [4.78, 5) is 53.3. The fraction of sp³-hybridized carbons (Fsp3) is 0.571. The number of ether oxygens (including phenoxy) is 1. The van der Waals surface area contributed by atoms with E-state index in [2.05, 4.69) is 5.32 Å². The minimum atomic E-state index is -1.68. The highest BCUT2D eigenvalue weighted by Crippen LogP contribution is 2.55. The minimum absolute atomic E-state index is 0.0638. The second kappa shape index (κ2) is 10.8. The van der Waals surface area contributed by atoms with Gasteiger partial charge in [-0.25, -0.2) is 4.79 Å². The van der Waals surface area contributed by atoms with Crippen molar-refractivity contribution in [2.24, 2.45) is 35.3 Å². The fourth-order valence-electron chi connectivity index (χ4n) is 6.59. The highest BCUT2D eigenvalue weighted by molar-refractivity contribution is 6.19. The second-order valence-electron chi connectivity index (χ2n) is 11.6. The average Bonchev–Trinajstić information content (AvgIpc) is 2.84. The number of fused-ring (bicyclic) bond motifs is 3. The number of Topliss-reactive ketones (excluding diaryl/α,β-unsaturated/α-hetero) is 2. The SMILES string of the molecule is CC(C)CCOC(=O)Nc1ccc2c(c1O)C(O)=C1C(=O)C3C(=O)C(C(N)=O)C(O)[C@@H](N(C)C)C3[C@@H](O)C1[C@H]2C. The lowest BCUT2D eigenvalue weighted by molar-refractivity contribution is -0.166. The number of aliphatic hydroxyl groups excluding tert-OH is 3. The Bertz CT molecular complexity index is 1270. The van der Waals surface area contributed by atoms with Crippen LogP contribution in [0.1, 0.15) is 44.2 Å². The number of nitrogens with zero attached hydrogens (tertiary/aromatic N) is 1. The number of hydrogen-bond acceptors (Lipinski definition) is 10. The number of nitrogens with one attached hydrogen (secondary N) is 1. The third kappa shape index (κ3) is 4.63. The standard InChI is InChI=1S/C28H37N3O9/c1-10(2)8-9-40-28(39)30-13-7-6-12-11(3)14-17(23(34)15(12)21(13)32)24(35)18-16(22(14)33)20(31(4)5)26(37)19(25(18)36)27(29)38/h6-7,10-11,14,16,18-20,22,26,32-34,37H,8-9H2,1-5H3,(H2,29,38)(H,30,39)/t11-,14?,16?,18?,19?,20-,22-,26?/m0/s1. The number of nitrogens with two attached hydrogens (primary N) is 1. The molecular formula is C28H37N3O9. The number of rotatable bonds is 6. The third-order valence-electron chi connectivity index (χ3n) is 8.53. The Labute approximate surface area is 231 Å². The Morgan fingerprint density at radius 1 is 1.12 bits per heavy atom. The number of phenols is 1. The van der Waals surface area contributed by atoms with E-state index in [0.29, 0.717) is 17.9 Å². The van der Waals surface area contributed by atoms with E-state index in [1.54, 1.807) is 32.0 Å². The van der Waals surface area contributed by atoms with Gasteiger partial charge < -0.3 is 35.8 Å². The average molecular weight is 560 g/mol. The van der Waals surface area contributed by atoms with Gasteiger partial charge in [-0.1, -0.05) is 26.8 Å². The van der Waals surface area contributed by atoms with Gasteiger partial charge in [0, 0.05) is 23.5 Å². The molecule has 2 saturated carbocycles. The Hall–Kier alpha value is -3.48. The summed E-state index contributed by atoms with van der Waals surface area (Å²) in [6.45, 7) is 5.83. The highest BCUT2D eigenvalue weighted by Gasteiger charge is 2.63. The van der Waals surface area contributed by atoms with Gasteiger partial charge in [0.05, 0.1) is 36.0 Å². The van der Waals surface area contributed by atoms with E-state index in [9.17, 15) is 39.6 Å². The number of likely N-dealkylation sites (N-methyl/N-ethyl adjacent to an activating group) is 1. The van der Waals surface area contributed by atoms with E-state index in [-0.39, 0.29) is 23.4 Å². The van der Waals surface area contributed by atoms with Crippen molar-refractivity contribution in [3.8, 4) is 5.75 Å². The topological polar surface area (TPSA) is 200 Å². The maximum absolute atomic E-state index is 13.9. The molecule has 40 heavy (non-hydrogen) atoms. The number of benzene rings is 1. The summed E-state index contributed by atoms with van der Waals surface area (Å²) < 4.78 is 5.14. The van der Waals surface area contributed by atoms with Crippen LogP contribution in [0.2, 0.25) is 0 Å². The summed E-state index contributed by atoms with van der Waals surface area (Å²) in [5, 5.41) is 47.5. The Balaban J connectivity index is 1.78. The van der Waals surface area contributed by atoms with Crippen molar-refractivity contribution in [1.29, 1.82) is 0 Å². The van der Waals surface area contributed by atoms with Crippen LogP contribution in [-0.2, 0) is 19.1 Å². The molecule has 0 aromatic heterocycles. The van der Waals surface area contributed by atoms with Crippen molar-refractivity contribution in [2.45, 2.75) is 51.4 Å². The fourth-order valence-corrected chi connectivity index (χ4v) is 6.59. The van der Waals surface area contributed by atoms with Crippen LogP contribution < -0.4 is 11.1 Å². The summed E-state index contributed by atoms with van der Waals surface area (Å²) in [7, 11) is 3.19. The number of amides is 2. The summed E-state index contributed by atoms with van der Waals surface area (Å²) in [6.07, 6.45) is -3.09. The van der Waals surface area contributed by atoms with Gasteiger partial charge in [-0.05, 0) is 44.0 Å². The largest absolute Gasteiger partial charge is 0.507 e. The molecule has 1 aromatic carbocycles. The maximum Gasteiger partial charge on any atom is 0.411 e. The summed E-state index contributed by atoms with van der Waals surface area (Å²) in [6, 6.07) is 2.03. The van der Waals surface area contributed by atoms with Crippen molar-refractivity contribution in [1.82, 2.24) is 4.90 Å². The third-order valence-corrected chi connectivity index (χ3v) is 8.53. The van der Waals surface area contributed by atoms with Gasteiger partial charge in [0.25, 0.3) is 0 Å². The van der Waals surface area contributed by atoms with Crippen LogP contribution in [0.3, 0.4) is 0 Å². The number of phenolic OH excluding ortho intramolecular Hbond substituents is 1. The van der Waals surface area contributed by atoms with Crippen LogP contribution in [0.15, 0.2) is 17.7 Å². The van der Waals surface area contributed by atoms with Crippen molar-refractivity contribution in [2.75, 3.05) is 26.0 Å². The van der Waals surface area contributed by atoms with Crippen molar-refractivity contribution in [3.05, 3.63) is 28.8 Å². The number of aliphatic hydroxyl groups is 3. The van der Waals surface area contributed by atoms with Crippen LogP contribution in [0, 0.1) is 29.6 Å². The molecule has 0 aliphatic heterocycles. The molecule has 4 rings (SSSR count). The monoisotopic (exact) mass is 559 g/mol. The number of ketones is 2. The molecule has 0 spiro atoms. The number of primary amides is 1. The lowest BCUT2D eigenvalue weighted by atomic mass is 9.54. The van der Waals surface area contributed by atoms with Crippen molar-refractivity contribution < 1.29 is 44.3 Å². The van der Waals surface area contributed by atoms with E-state index < -0.39 is 82.9 Å². The highest BCUT2D eigenvalue weighted by atomic mass is 16.5. The van der Waals surface area contributed by atoms with Crippen molar-refractivity contribution in [3.63, 3.8) is 0 Å². The molecule has 2 amide bonds. The molecule has 218 valence electrons. The number of aromatic hydroxyl groups is 1. The van der Waals surface area contributed by atoms with E-state index in [1.165, 1.54) is 6.07 Å². The van der Waals surface area contributed by atoms with Crippen LogP contribution in [0.25, 0.3) is 5.76 Å². The molecule has 2 fully saturated rings. The number of hydrogen-bond donors (Lipinski definition) is 6. The molecule has 0 bridgehead atoms. The second-order valence-corrected chi connectivity index (χ2v) is 11.6. The number of anilines is 1. The van der Waals surface area contributed by atoms with Crippen LogP contribution in [-0.4, -0.2) is 87.8 Å². The van der Waals surface area contributed by atoms with E-state index >= 15 is 0 Å². The Kier molecular flexibility index (Phi) is 7.99. The normalized spacial score (nSPS) is 31.5. The van der Waals surface area contributed by atoms with Gasteiger partial charge in [-0.15, -0.1) is 0 Å². The van der Waals surface area contributed by atoms with Gasteiger partial charge in [0.1, 0.15) is 17.4 Å². The quantitative estimate of drug-likeness (QED) is 0.217. The Morgan fingerprint density at radius 3 is 2.35 bits per heavy atom. The van der Waals surface area contributed by atoms with Gasteiger partial charge in [0.2, 0.25) is 5.91 Å². The van der Waals surface area contributed by atoms with Crippen molar-refractivity contribution >= 4 is 35.0 Å². The molecule has 12 heteroatoms. The summed E-state index contributed by atoms with van der Waals surface area (Å²) >= 11 is 0. The molecule has 0 radical (unpaired) electrons. The zero-order chi connectivity index (χ0) is 29.8. The molecule has 5 unspecified atom stereocenters. The van der Waals surface area contributed by atoms with Crippen LogP contribution in [0.4, 0.5) is 10.5 Å². The van der Waals surface area contributed by atoms with E-state index in [1.807, 2.05) is 13.8 Å². The van der Waals surface area contributed by atoms with Crippen LogP contribution >= 0.6 is 0 Å². The first kappa shape index (κ1) is 29.5. The molecule has 7 N–H and O–H groups in total. The molecule has 0 saturated heterocycles. The predicted molar refractivity (Wildman–Crippen MR) is 143 cm³/mol. The van der Waals surface area contributed by atoms with E-state index in [0.717, 1.165) is 0 Å². The Morgan fingerprint density at radius 2 is 1.77 bits per heavy atom. The van der Waals surface area contributed by atoms with E-state index in [4.69, 9.17) is 10.5 Å². The molecule has 3 aliphatic carbocycles. The van der Waals surface area contributed by atoms with Crippen LogP contribution in [0.5, 0.6) is 5.75 Å². The molecule has 3 aliphatic rings. The zero-order valence-corrected chi connectivity index (χ0v) is 23.1. The maximum atomic E-state index is 13.9.